The van der Waals surface area contributed by atoms with Crippen LogP contribution >= 0.6 is 0 Å². The summed E-state index contributed by atoms with van der Waals surface area (Å²) in [7, 11) is 0. The van der Waals surface area contributed by atoms with E-state index >= 15 is 0 Å². The number of imidazole rings is 1. The van der Waals surface area contributed by atoms with E-state index in [4.69, 9.17) is 9.72 Å². The van der Waals surface area contributed by atoms with Crippen LogP contribution in [0, 0.1) is 0 Å². The fourth-order valence-corrected chi connectivity index (χ4v) is 3.57. The lowest BCUT2D eigenvalue weighted by molar-refractivity contribution is -0.130. The second kappa shape index (κ2) is 8.85. The Kier molecular flexibility index (Phi) is 5.83. The van der Waals surface area contributed by atoms with Gasteiger partial charge in [0.05, 0.1) is 11.0 Å². The number of hydrogen-bond acceptors (Lipinski definition) is 3. The summed E-state index contributed by atoms with van der Waals surface area (Å²) in [6, 6.07) is 18.4. The highest BCUT2D eigenvalue weighted by molar-refractivity contribution is 5.81. The van der Waals surface area contributed by atoms with Crippen molar-refractivity contribution >= 4 is 23.0 Å². The Morgan fingerprint density at radius 3 is 2.82 bits per heavy atom. The molecule has 0 aliphatic carbocycles. The first-order valence-electron chi connectivity index (χ1n) is 9.86. The summed E-state index contributed by atoms with van der Waals surface area (Å²) >= 11 is 0. The predicted molar refractivity (Wildman–Crippen MR) is 111 cm³/mol. The number of ether oxygens (including phenoxy) is 1. The zero-order chi connectivity index (χ0) is 19.2. The van der Waals surface area contributed by atoms with E-state index in [9.17, 15) is 4.79 Å². The molecule has 1 aliphatic rings. The summed E-state index contributed by atoms with van der Waals surface area (Å²) in [6.07, 6.45) is 6.45. The number of allylic oxidation sites excluding steroid dienone is 1. The van der Waals surface area contributed by atoms with Crippen LogP contribution in [0.15, 0.2) is 60.7 Å². The molecule has 5 nitrogen and oxygen atoms in total. The Morgan fingerprint density at radius 2 is 2.00 bits per heavy atom. The number of hydrogen-bond donors (Lipinski definition) is 1. The number of rotatable bonds is 7. The molecule has 1 atom stereocenters. The van der Waals surface area contributed by atoms with E-state index < -0.39 is 0 Å². The molecule has 144 valence electrons. The summed E-state index contributed by atoms with van der Waals surface area (Å²) in [5, 5.41) is 2.99. The van der Waals surface area contributed by atoms with Crippen LogP contribution in [0.2, 0.25) is 0 Å². The topological polar surface area (TPSA) is 56.2 Å². The molecule has 1 amide bonds. The van der Waals surface area contributed by atoms with Crippen molar-refractivity contribution in [2.45, 2.75) is 31.9 Å². The molecule has 0 bridgehead atoms. The fourth-order valence-electron chi connectivity index (χ4n) is 3.57. The van der Waals surface area contributed by atoms with Crippen molar-refractivity contribution < 1.29 is 9.53 Å². The van der Waals surface area contributed by atoms with Crippen LogP contribution in [0.5, 0.6) is 0 Å². The SMILES string of the molecule is O=C(NCCc1nc2ccccc2n1C/C=C/c1ccccc1)C1CCCO1. The van der Waals surface area contributed by atoms with Crippen LogP contribution < -0.4 is 5.32 Å². The Balaban J connectivity index is 1.45. The number of aromatic nitrogens is 2. The maximum Gasteiger partial charge on any atom is 0.249 e. The van der Waals surface area contributed by atoms with E-state index in [0.29, 0.717) is 19.6 Å². The van der Waals surface area contributed by atoms with Crippen LogP contribution in [-0.4, -0.2) is 34.7 Å². The third-order valence-electron chi connectivity index (χ3n) is 5.00. The van der Waals surface area contributed by atoms with Gasteiger partial charge < -0.3 is 14.6 Å². The smallest absolute Gasteiger partial charge is 0.249 e. The Morgan fingerprint density at radius 1 is 1.18 bits per heavy atom. The Labute approximate surface area is 165 Å². The van der Waals surface area contributed by atoms with Gasteiger partial charge in [0.1, 0.15) is 11.9 Å². The minimum Gasteiger partial charge on any atom is -0.368 e. The molecule has 3 aromatic rings. The van der Waals surface area contributed by atoms with Gasteiger partial charge in [-0.25, -0.2) is 4.98 Å². The standard InChI is InChI=1S/C23H25N3O2/c27-23(21-13-7-17-28-21)24-15-14-22-25-19-11-4-5-12-20(19)26(22)16-6-10-18-8-2-1-3-9-18/h1-6,8-12,21H,7,13-17H2,(H,24,27)/b10-6+. The van der Waals surface area contributed by atoms with Crippen molar-refractivity contribution in [3.8, 4) is 0 Å². The van der Waals surface area contributed by atoms with E-state index in [1.54, 1.807) is 0 Å². The third-order valence-corrected chi connectivity index (χ3v) is 5.00. The molecule has 1 aliphatic heterocycles. The monoisotopic (exact) mass is 375 g/mol. The Bertz CT molecular complexity index is 956. The first-order chi connectivity index (χ1) is 13.8. The van der Waals surface area contributed by atoms with Gasteiger partial charge in [0.25, 0.3) is 0 Å². The molecular weight excluding hydrogens is 350 g/mol. The number of fused-ring (bicyclic) bond motifs is 1. The molecule has 0 spiro atoms. The highest BCUT2D eigenvalue weighted by Gasteiger charge is 2.23. The second-order valence-corrected chi connectivity index (χ2v) is 6.98. The summed E-state index contributed by atoms with van der Waals surface area (Å²) < 4.78 is 7.66. The van der Waals surface area contributed by atoms with Gasteiger partial charge in [-0.2, -0.15) is 0 Å². The number of carbonyl (C=O) groups excluding carboxylic acids is 1. The van der Waals surface area contributed by atoms with Gasteiger partial charge in [0, 0.05) is 26.1 Å². The van der Waals surface area contributed by atoms with Gasteiger partial charge in [-0.1, -0.05) is 54.6 Å². The first-order valence-corrected chi connectivity index (χ1v) is 9.86. The zero-order valence-electron chi connectivity index (χ0n) is 15.9. The van der Waals surface area contributed by atoms with E-state index in [-0.39, 0.29) is 12.0 Å². The number of nitrogens with zero attached hydrogens (tertiary/aromatic N) is 2. The zero-order valence-corrected chi connectivity index (χ0v) is 15.9. The molecule has 28 heavy (non-hydrogen) atoms. The summed E-state index contributed by atoms with van der Waals surface area (Å²) in [6.45, 7) is 1.98. The number of para-hydroxylation sites is 2. The largest absolute Gasteiger partial charge is 0.368 e. The molecule has 5 heteroatoms. The average Bonchev–Trinajstić information content (AvgIpc) is 3.38. The molecule has 4 rings (SSSR count). The minimum absolute atomic E-state index is 0.0101. The van der Waals surface area contributed by atoms with Gasteiger partial charge in [-0.05, 0) is 30.5 Å². The van der Waals surface area contributed by atoms with Crippen molar-refractivity contribution in [2.24, 2.45) is 0 Å². The number of benzene rings is 2. The number of amides is 1. The molecule has 1 N–H and O–H groups in total. The number of nitrogens with one attached hydrogen (secondary N) is 1. The molecule has 1 unspecified atom stereocenters. The van der Waals surface area contributed by atoms with E-state index in [2.05, 4.69) is 40.2 Å². The van der Waals surface area contributed by atoms with Gasteiger partial charge >= 0.3 is 0 Å². The quantitative estimate of drug-likeness (QED) is 0.687. The lowest BCUT2D eigenvalue weighted by Crippen LogP contribution is -2.35. The van der Waals surface area contributed by atoms with E-state index in [1.807, 2.05) is 36.4 Å². The summed E-state index contributed by atoms with van der Waals surface area (Å²) in [5.41, 5.74) is 3.27. The van der Waals surface area contributed by atoms with E-state index in [1.165, 1.54) is 5.56 Å². The van der Waals surface area contributed by atoms with Crippen LogP contribution in [0.1, 0.15) is 24.2 Å². The first kappa shape index (κ1) is 18.4. The number of carbonyl (C=O) groups is 1. The van der Waals surface area contributed by atoms with Crippen LogP contribution in [0.4, 0.5) is 0 Å². The maximum absolute atomic E-state index is 12.1. The maximum atomic E-state index is 12.1. The summed E-state index contributed by atoms with van der Waals surface area (Å²) in [4.78, 5) is 16.9. The summed E-state index contributed by atoms with van der Waals surface area (Å²) in [5.74, 6) is 0.968. The van der Waals surface area contributed by atoms with Crippen molar-refractivity contribution in [1.29, 1.82) is 0 Å². The van der Waals surface area contributed by atoms with Gasteiger partial charge in [0.2, 0.25) is 5.91 Å². The molecule has 1 saturated heterocycles. The molecule has 2 heterocycles. The average molecular weight is 375 g/mol. The molecule has 0 radical (unpaired) electrons. The predicted octanol–water partition coefficient (Wildman–Crippen LogP) is 3.59. The van der Waals surface area contributed by atoms with Gasteiger partial charge in [-0.3, -0.25) is 4.79 Å². The second-order valence-electron chi connectivity index (χ2n) is 6.98. The molecular formula is C23H25N3O2. The third kappa shape index (κ3) is 4.31. The van der Waals surface area contributed by atoms with Crippen LogP contribution in [0.3, 0.4) is 0 Å². The molecule has 1 aromatic heterocycles. The van der Waals surface area contributed by atoms with Crippen molar-refractivity contribution in [3.05, 3.63) is 72.1 Å². The van der Waals surface area contributed by atoms with Crippen molar-refractivity contribution in [3.63, 3.8) is 0 Å². The highest BCUT2D eigenvalue weighted by Crippen LogP contribution is 2.17. The highest BCUT2D eigenvalue weighted by atomic mass is 16.5. The van der Waals surface area contributed by atoms with Crippen LogP contribution in [0.25, 0.3) is 17.1 Å². The lowest BCUT2D eigenvalue weighted by atomic mass is 10.2. The Hall–Kier alpha value is -2.92. The molecule has 2 aromatic carbocycles. The van der Waals surface area contributed by atoms with Crippen molar-refractivity contribution in [1.82, 2.24) is 14.9 Å². The fraction of sp³-hybridized carbons (Fsp3) is 0.304. The van der Waals surface area contributed by atoms with E-state index in [0.717, 1.165) is 36.2 Å². The normalized spacial score (nSPS) is 16.8. The molecule has 1 fully saturated rings. The van der Waals surface area contributed by atoms with Gasteiger partial charge in [-0.15, -0.1) is 0 Å². The van der Waals surface area contributed by atoms with Gasteiger partial charge in [0.15, 0.2) is 0 Å². The van der Waals surface area contributed by atoms with Crippen LogP contribution in [-0.2, 0) is 22.5 Å². The van der Waals surface area contributed by atoms with Crippen molar-refractivity contribution in [2.75, 3.05) is 13.2 Å². The molecule has 0 saturated carbocycles. The lowest BCUT2D eigenvalue weighted by Gasteiger charge is -2.11. The minimum atomic E-state index is -0.285.